The van der Waals surface area contributed by atoms with E-state index >= 15 is 0 Å². The van der Waals surface area contributed by atoms with Crippen LogP contribution in [-0.2, 0) is 0 Å². The number of aryl methyl sites for hydroxylation is 1. The van der Waals surface area contributed by atoms with Gasteiger partial charge < -0.3 is 10.1 Å². The van der Waals surface area contributed by atoms with Crippen molar-refractivity contribution >= 4 is 0 Å². The van der Waals surface area contributed by atoms with E-state index in [1.165, 1.54) is 0 Å². The molecule has 0 amide bonds. The Hall–Kier alpha value is -1.60. The number of nitrogens with zero attached hydrogens (tertiary/aromatic N) is 2. The van der Waals surface area contributed by atoms with E-state index in [1.807, 2.05) is 6.92 Å². The first kappa shape index (κ1) is 11.9. The molecule has 0 bridgehead atoms. The maximum absolute atomic E-state index is 8.90. The smallest absolute Gasteiger partial charge is 0.215 e. The van der Waals surface area contributed by atoms with Gasteiger partial charge in [-0.05, 0) is 31.9 Å². The molecule has 1 aromatic heterocycles. The van der Waals surface area contributed by atoms with Crippen molar-refractivity contribution in [2.24, 2.45) is 5.92 Å². The Kier molecular flexibility index (Phi) is 3.60. The fourth-order valence-electron chi connectivity index (χ4n) is 2.04. The van der Waals surface area contributed by atoms with Crippen LogP contribution in [0.15, 0.2) is 12.1 Å². The number of nitriles is 1. The van der Waals surface area contributed by atoms with Crippen LogP contribution in [0.2, 0.25) is 0 Å². The van der Waals surface area contributed by atoms with Crippen LogP contribution in [-0.4, -0.2) is 24.2 Å². The molecule has 4 nitrogen and oxygen atoms in total. The van der Waals surface area contributed by atoms with Crippen molar-refractivity contribution in [3.8, 4) is 11.9 Å². The zero-order chi connectivity index (χ0) is 12.3. The van der Waals surface area contributed by atoms with Gasteiger partial charge in [-0.3, -0.25) is 0 Å². The topological polar surface area (TPSA) is 57.9 Å². The fraction of sp³-hybridized carbons (Fsp3) is 0.538. The van der Waals surface area contributed by atoms with E-state index in [4.69, 9.17) is 10.00 Å². The highest BCUT2D eigenvalue weighted by Crippen LogP contribution is 2.19. The van der Waals surface area contributed by atoms with Gasteiger partial charge in [0.2, 0.25) is 5.88 Å². The van der Waals surface area contributed by atoms with Crippen molar-refractivity contribution in [3.63, 3.8) is 0 Å². The Labute approximate surface area is 102 Å². The lowest BCUT2D eigenvalue weighted by atomic mass is 9.97. The Morgan fingerprint density at radius 1 is 1.53 bits per heavy atom. The summed E-state index contributed by atoms with van der Waals surface area (Å²) in [7, 11) is 0. The largest absolute Gasteiger partial charge is 0.473 e. The number of rotatable bonds is 2. The van der Waals surface area contributed by atoms with Crippen LogP contribution in [0.5, 0.6) is 5.88 Å². The molecule has 2 unspecified atom stereocenters. The third-order valence-electron chi connectivity index (χ3n) is 3.09. The summed E-state index contributed by atoms with van der Waals surface area (Å²) in [5.74, 6) is 1.08. The lowest BCUT2D eigenvalue weighted by Gasteiger charge is -2.29. The summed E-state index contributed by atoms with van der Waals surface area (Å²) in [6.07, 6.45) is 1.26. The normalized spacial score (nSPS) is 24.1. The summed E-state index contributed by atoms with van der Waals surface area (Å²) >= 11 is 0. The maximum Gasteiger partial charge on any atom is 0.215 e. The minimum absolute atomic E-state index is 0.143. The molecule has 0 aliphatic carbocycles. The summed E-state index contributed by atoms with van der Waals surface area (Å²) in [6, 6.07) is 5.58. The van der Waals surface area contributed by atoms with Crippen LogP contribution in [0.25, 0.3) is 0 Å². The molecular formula is C13H17N3O. The van der Waals surface area contributed by atoms with E-state index < -0.39 is 0 Å². The molecule has 17 heavy (non-hydrogen) atoms. The Morgan fingerprint density at radius 2 is 2.35 bits per heavy atom. The Balaban J connectivity index is 2.12. The van der Waals surface area contributed by atoms with E-state index in [-0.39, 0.29) is 6.10 Å². The Morgan fingerprint density at radius 3 is 3.06 bits per heavy atom. The van der Waals surface area contributed by atoms with Gasteiger partial charge in [0, 0.05) is 18.3 Å². The van der Waals surface area contributed by atoms with Gasteiger partial charge in [-0.2, -0.15) is 5.26 Å². The SMILES string of the molecule is Cc1cc(C#N)cc(OC2CNCCC2C)n1. The number of aromatic nitrogens is 1. The highest BCUT2D eigenvalue weighted by atomic mass is 16.5. The van der Waals surface area contributed by atoms with Gasteiger partial charge in [0.25, 0.3) is 0 Å². The van der Waals surface area contributed by atoms with Crippen molar-refractivity contribution in [3.05, 3.63) is 23.4 Å². The average molecular weight is 231 g/mol. The third-order valence-corrected chi connectivity index (χ3v) is 3.09. The second kappa shape index (κ2) is 5.15. The molecule has 1 aliphatic heterocycles. The predicted octanol–water partition coefficient (Wildman–Crippen LogP) is 1.64. The quantitative estimate of drug-likeness (QED) is 0.840. The second-order valence-corrected chi connectivity index (χ2v) is 4.57. The monoisotopic (exact) mass is 231 g/mol. The van der Waals surface area contributed by atoms with E-state index in [1.54, 1.807) is 12.1 Å². The number of nitrogens with one attached hydrogen (secondary N) is 1. The molecule has 0 aromatic carbocycles. The van der Waals surface area contributed by atoms with E-state index in [0.717, 1.165) is 25.2 Å². The number of piperidine rings is 1. The summed E-state index contributed by atoms with van der Waals surface area (Å²) in [5, 5.41) is 12.2. The first-order chi connectivity index (χ1) is 8.19. The molecule has 0 saturated carbocycles. The third kappa shape index (κ3) is 2.95. The zero-order valence-corrected chi connectivity index (χ0v) is 10.2. The van der Waals surface area contributed by atoms with E-state index in [0.29, 0.717) is 17.4 Å². The van der Waals surface area contributed by atoms with Crippen molar-refractivity contribution in [2.75, 3.05) is 13.1 Å². The maximum atomic E-state index is 8.90. The van der Waals surface area contributed by atoms with Crippen LogP contribution in [0.3, 0.4) is 0 Å². The van der Waals surface area contributed by atoms with Gasteiger partial charge in [0.05, 0.1) is 11.6 Å². The first-order valence-electron chi connectivity index (χ1n) is 5.95. The number of hydrogen-bond acceptors (Lipinski definition) is 4. The van der Waals surface area contributed by atoms with Crippen LogP contribution in [0.4, 0.5) is 0 Å². The molecule has 1 aliphatic rings. The van der Waals surface area contributed by atoms with Gasteiger partial charge >= 0.3 is 0 Å². The lowest BCUT2D eigenvalue weighted by molar-refractivity contribution is 0.109. The standard InChI is InChI=1S/C13H17N3O/c1-9-3-4-15-8-12(9)17-13-6-11(7-14)5-10(2)16-13/h5-6,9,12,15H,3-4,8H2,1-2H3. The van der Waals surface area contributed by atoms with Gasteiger partial charge in [-0.1, -0.05) is 6.92 Å². The van der Waals surface area contributed by atoms with Crippen LogP contribution in [0, 0.1) is 24.2 Å². The number of hydrogen-bond donors (Lipinski definition) is 1. The molecule has 0 spiro atoms. The Bertz CT molecular complexity index is 439. The fourth-order valence-corrected chi connectivity index (χ4v) is 2.04. The van der Waals surface area contributed by atoms with Crippen molar-refractivity contribution < 1.29 is 4.74 Å². The zero-order valence-electron chi connectivity index (χ0n) is 10.2. The van der Waals surface area contributed by atoms with Gasteiger partial charge in [0.1, 0.15) is 6.10 Å². The molecule has 2 rings (SSSR count). The second-order valence-electron chi connectivity index (χ2n) is 4.57. The molecule has 4 heteroatoms. The van der Waals surface area contributed by atoms with Crippen molar-refractivity contribution in [2.45, 2.75) is 26.4 Å². The average Bonchev–Trinajstić information content (AvgIpc) is 2.31. The molecule has 0 radical (unpaired) electrons. The van der Waals surface area contributed by atoms with Crippen molar-refractivity contribution in [1.82, 2.24) is 10.3 Å². The number of ether oxygens (including phenoxy) is 1. The highest BCUT2D eigenvalue weighted by Gasteiger charge is 2.23. The summed E-state index contributed by atoms with van der Waals surface area (Å²) in [4.78, 5) is 4.31. The van der Waals surface area contributed by atoms with Gasteiger partial charge in [-0.25, -0.2) is 4.98 Å². The van der Waals surface area contributed by atoms with E-state index in [9.17, 15) is 0 Å². The molecule has 1 fully saturated rings. The summed E-state index contributed by atoms with van der Waals surface area (Å²) < 4.78 is 5.87. The summed E-state index contributed by atoms with van der Waals surface area (Å²) in [6.45, 7) is 5.95. The minimum Gasteiger partial charge on any atom is -0.473 e. The summed E-state index contributed by atoms with van der Waals surface area (Å²) in [5.41, 5.74) is 1.42. The molecule has 1 aromatic rings. The molecule has 2 heterocycles. The first-order valence-corrected chi connectivity index (χ1v) is 5.95. The lowest BCUT2D eigenvalue weighted by Crippen LogP contribution is -2.43. The van der Waals surface area contributed by atoms with Crippen LogP contribution < -0.4 is 10.1 Å². The number of pyridine rings is 1. The minimum atomic E-state index is 0.143. The molecule has 90 valence electrons. The molecule has 2 atom stereocenters. The van der Waals surface area contributed by atoms with Crippen LogP contribution >= 0.6 is 0 Å². The molecule has 1 N–H and O–H groups in total. The predicted molar refractivity (Wildman–Crippen MR) is 64.8 cm³/mol. The van der Waals surface area contributed by atoms with Gasteiger partial charge in [0.15, 0.2) is 0 Å². The van der Waals surface area contributed by atoms with E-state index in [2.05, 4.69) is 23.3 Å². The van der Waals surface area contributed by atoms with Gasteiger partial charge in [-0.15, -0.1) is 0 Å². The van der Waals surface area contributed by atoms with Crippen LogP contribution in [0.1, 0.15) is 24.6 Å². The molecule has 1 saturated heterocycles. The molecular weight excluding hydrogens is 214 g/mol. The highest BCUT2D eigenvalue weighted by molar-refractivity contribution is 5.34. The van der Waals surface area contributed by atoms with Crippen molar-refractivity contribution in [1.29, 1.82) is 5.26 Å².